The second-order valence-corrected chi connectivity index (χ2v) is 3.20. The predicted molar refractivity (Wildman–Crippen MR) is 44.0 cm³/mol. The molecule has 0 atom stereocenters. The summed E-state index contributed by atoms with van der Waals surface area (Å²) in [7, 11) is 0. The zero-order valence-electron chi connectivity index (χ0n) is 6.89. The molecule has 0 N–H and O–H groups in total. The number of rotatable bonds is 1. The summed E-state index contributed by atoms with van der Waals surface area (Å²) in [6, 6.07) is 4.48. The molecule has 0 saturated heterocycles. The summed E-state index contributed by atoms with van der Waals surface area (Å²) < 4.78 is 26.3. The summed E-state index contributed by atoms with van der Waals surface area (Å²) in [4.78, 5) is 10.5. The molecule has 0 unspecified atom stereocenters. The van der Waals surface area contributed by atoms with Gasteiger partial charge in [0.1, 0.15) is 6.29 Å². The lowest BCUT2D eigenvalue weighted by molar-refractivity contribution is -0.00183. The van der Waals surface area contributed by atoms with Crippen LogP contribution in [-0.4, -0.2) is 6.29 Å². The van der Waals surface area contributed by atoms with Crippen LogP contribution in [0, 0.1) is 0 Å². The molecule has 0 radical (unpaired) electrons. The van der Waals surface area contributed by atoms with Crippen molar-refractivity contribution in [3.8, 4) is 0 Å². The fourth-order valence-corrected chi connectivity index (χ4v) is 1.75. The molecule has 0 heterocycles. The first-order valence-electron chi connectivity index (χ1n) is 4.10. The smallest absolute Gasteiger partial charge is 0.273 e. The zero-order chi connectivity index (χ0) is 9.47. The summed E-state index contributed by atoms with van der Waals surface area (Å²) in [6.07, 6.45) is 0.769. The normalized spacial score (nSPS) is 18.3. The number of hydrogen-bond donors (Lipinski definition) is 0. The molecule has 1 aliphatic carbocycles. The lowest BCUT2D eigenvalue weighted by Crippen LogP contribution is -2.07. The Kier molecular flexibility index (Phi) is 1.68. The molecule has 2 rings (SSSR count). The molecule has 0 aliphatic heterocycles. The Bertz CT molecular complexity index is 358. The molecule has 0 aromatic heterocycles. The van der Waals surface area contributed by atoms with Crippen molar-refractivity contribution in [2.75, 3.05) is 0 Å². The lowest BCUT2D eigenvalue weighted by Gasteiger charge is -2.09. The summed E-state index contributed by atoms with van der Waals surface area (Å²) in [5, 5.41) is 0. The Morgan fingerprint density at radius 1 is 1.38 bits per heavy atom. The van der Waals surface area contributed by atoms with Crippen LogP contribution in [0.25, 0.3) is 0 Å². The number of benzene rings is 1. The van der Waals surface area contributed by atoms with E-state index >= 15 is 0 Å². The first kappa shape index (κ1) is 8.35. The Morgan fingerprint density at radius 3 is 2.85 bits per heavy atom. The molecule has 0 amide bonds. The minimum Gasteiger partial charge on any atom is -0.298 e. The third-order valence-corrected chi connectivity index (χ3v) is 2.42. The van der Waals surface area contributed by atoms with Crippen molar-refractivity contribution in [3.05, 3.63) is 34.9 Å². The van der Waals surface area contributed by atoms with E-state index in [1.165, 1.54) is 12.1 Å². The van der Waals surface area contributed by atoms with Crippen LogP contribution in [-0.2, 0) is 12.3 Å². The Labute approximate surface area is 74.4 Å². The molecule has 1 aromatic rings. The van der Waals surface area contributed by atoms with E-state index in [1.807, 2.05) is 0 Å². The SMILES string of the molecule is O=Cc1cccc2c1CCC2(F)F. The number of alkyl halides is 2. The van der Waals surface area contributed by atoms with Crippen molar-refractivity contribution in [1.29, 1.82) is 0 Å². The highest BCUT2D eigenvalue weighted by atomic mass is 19.3. The van der Waals surface area contributed by atoms with Crippen LogP contribution < -0.4 is 0 Å². The number of carbonyl (C=O) groups is 1. The van der Waals surface area contributed by atoms with E-state index in [1.54, 1.807) is 6.07 Å². The zero-order valence-corrected chi connectivity index (χ0v) is 6.89. The molecule has 0 bridgehead atoms. The van der Waals surface area contributed by atoms with Crippen LogP contribution >= 0.6 is 0 Å². The maximum absolute atomic E-state index is 13.1. The van der Waals surface area contributed by atoms with Gasteiger partial charge in [0.05, 0.1) is 0 Å². The molecular formula is C10H8F2O. The van der Waals surface area contributed by atoms with E-state index in [9.17, 15) is 13.6 Å². The van der Waals surface area contributed by atoms with Crippen LogP contribution in [0.2, 0.25) is 0 Å². The van der Waals surface area contributed by atoms with Crippen molar-refractivity contribution in [2.45, 2.75) is 18.8 Å². The van der Waals surface area contributed by atoms with Gasteiger partial charge in [-0.05, 0) is 12.0 Å². The monoisotopic (exact) mass is 182 g/mol. The van der Waals surface area contributed by atoms with Crippen LogP contribution in [0.3, 0.4) is 0 Å². The van der Waals surface area contributed by atoms with Gasteiger partial charge in [-0.15, -0.1) is 0 Å². The van der Waals surface area contributed by atoms with Gasteiger partial charge in [-0.2, -0.15) is 0 Å². The summed E-state index contributed by atoms with van der Waals surface area (Å²) >= 11 is 0. The van der Waals surface area contributed by atoms with Crippen molar-refractivity contribution in [2.24, 2.45) is 0 Å². The second kappa shape index (κ2) is 2.62. The highest BCUT2D eigenvalue weighted by molar-refractivity contribution is 5.78. The van der Waals surface area contributed by atoms with Crippen LogP contribution in [0.5, 0.6) is 0 Å². The molecule has 13 heavy (non-hydrogen) atoms. The van der Waals surface area contributed by atoms with E-state index in [0.29, 0.717) is 23.8 Å². The van der Waals surface area contributed by atoms with E-state index in [-0.39, 0.29) is 12.0 Å². The highest BCUT2D eigenvalue weighted by Crippen LogP contribution is 2.42. The van der Waals surface area contributed by atoms with Gasteiger partial charge < -0.3 is 0 Å². The van der Waals surface area contributed by atoms with Crippen LogP contribution in [0.1, 0.15) is 27.9 Å². The maximum Gasteiger partial charge on any atom is 0.273 e. The van der Waals surface area contributed by atoms with Gasteiger partial charge in [0.25, 0.3) is 5.92 Å². The van der Waals surface area contributed by atoms with Crippen molar-refractivity contribution >= 4 is 6.29 Å². The van der Waals surface area contributed by atoms with Gasteiger partial charge in [-0.25, -0.2) is 8.78 Å². The fraction of sp³-hybridized carbons (Fsp3) is 0.300. The maximum atomic E-state index is 13.1. The topological polar surface area (TPSA) is 17.1 Å². The van der Waals surface area contributed by atoms with Crippen LogP contribution in [0.4, 0.5) is 8.78 Å². The minimum absolute atomic E-state index is 0.0251. The number of aldehydes is 1. The average Bonchev–Trinajstić information content (AvgIpc) is 2.43. The van der Waals surface area contributed by atoms with E-state index in [2.05, 4.69) is 0 Å². The third-order valence-electron chi connectivity index (χ3n) is 2.42. The van der Waals surface area contributed by atoms with Crippen molar-refractivity contribution in [1.82, 2.24) is 0 Å². The van der Waals surface area contributed by atoms with E-state index < -0.39 is 5.92 Å². The van der Waals surface area contributed by atoms with E-state index in [0.717, 1.165) is 0 Å². The molecule has 1 aliphatic rings. The highest BCUT2D eigenvalue weighted by Gasteiger charge is 2.39. The molecule has 0 saturated carbocycles. The first-order chi connectivity index (χ1) is 6.15. The molecule has 0 fully saturated rings. The molecule has 1 nitrogen and oxygen atoms in total. The summed E-state index contributed by atoms with van der Waals surface area (Å²) in [6.45, 7) is 0. The van der Waals surface area contributed by atoms with E-state index in [4.69, 9.17) is 0 Å². The van der Waals surface area contributed by atoms with Gasteiger partial charge in [0.15, 0.2) is 0 Å². The molecule has 1 aromatic carbocycles. The van der Waals surface area contributed by atoms with Gasteiger partial charge in [0.2, 0.25) is 0 Å². The van der Waals surface area contributed by atoms with Gasteiger partial charge in [-0.3, -0.25) is 4.79 Å². The number of fused-ring (bicyclic) bond motifs is 1. The second-order valence-electron chi connectivity index (χ2n) is 3.20. The number of halogens is 2. The molecule has 0 spiro atoms. The molecule has 3 heteroatoms. The fourth-order valence-electron chi connectivity index (χ4n) is 1.75. The van der Waals surface area contributed by atoms with Crippen LogP contribution in [0.15, 0.2) is 18.2 Å². The molecular weight excluding hydrogens is 174 g/mol. The average molecular weight is 182 g/mol. The summed E-state index contributed by atoms with van der Waals surface area (Å²) in [5.74, 6) is -2.74. The standard InChI is InChI=1S/C10H8F2O/c11-10(12)5-4-8-7(6-13)2-1-3-9(8)10/h1-3,6H,4-5H2. The first-order valence-corrected chi connectivity index (χ1v) is 4.10. The molecule has 68 valence electrons. The lowest BCUT2D eigenvalue weighted by atomic mass is 10.0. The van der Waals surface area contributed by atoms with Crippen molar-refractivity contribution in [3.63, 3.8) is 0 Å². The third kappa shape index (κ3) is 1.15. The quantitative estimate of drug-likeness (QED) is 0.610. The van der Waals surface area contributed by atoms with Gasteiger partial charge >= 0.3 is 0 Å². The minimum atomic E-state index is -2.74. The predicted octanol–water partition coefficient (Wildman–Crippen LogP) is 2.54. The number of carbonyl (C=O) groups excluding carboxylic acids is 1. The van der Waals surface area contributed by atoms with Gasteiger partial charge in [-0.1, -0.05) is 18.2 Å². The number of hydrogen-bond acceptors (Lipinski definition) is 1. The van der Waals surface area contributed by atoms with Gasteiger partial charge in [0, 0.05) is 17.5 Å². The summed E-state index contributed by atoms with van der Waals surface area (Å²) in [5.41, 5.74) is 0.939. The Hall–Kier alpha value is -1.25. The van der Waals surface area contributed by atoms with Crippen molar-refractivity contribution < 1.29 is 13.6 Å². The largest absolute Gasteiger partial charge is 0.298 e. The Morgan fingerprint density at radius 2 is 2.15 bits per heavy atom. The Balaban J connectivity index is 2.62.